The quantitative estimate of drug-likeness (QED) is 0.691. The maximum absolute atomic E-state index is 13.4. The molecule has 1 N–H and O–H groups in total. The van der Waals surface area contributed by atoms with Crippen LogP contribution in [0, 0.1) is 11.7 Å². The van der Waals surface area contributed by atoms with Crippen molar-refractivity contribution in [2.75, 3.05) is 13.6 Å². The molecule has 1 saturated carbocycles. The first kappa shape index (κ1) is 20.1. The zero-order valence-electron chi connectivity index (χ0n) is 17.0. The molecule has 2 amide bonds. The molecule has 2 aromatic carbocycles. The molecule has 4 rings (SSSR count). The summed E-state index contributed by atoms with van der Waals surface area (Å²) < 4.78 is 19.0. The Kier molecular flexibility index (Phi) is 5.53. The molecule has 0 radical (unpaired) electrons. The van der Waals surface area contributed by atoms with Gasteiger partial charge in [-0.25, -0.2) is 9.37 Å². The summed E-state index contributed by atoms with van der Waals surface area (Å²) in [6.07, 6.45) is 2.30. The molecule has 7 heteroatoms. The Morgan fingerprint density at radius 3 is 2.70 bits per heavy atom. The Morgan fingerprint density at radius 1 is 1.20 bits per heavy atom. The molecule has 156 valence electrons. The molecule has 6 nitrogen and oxygen atoms in total. The molecule has 2 atom stereocenters. The van der Waals surface area contributed by atoms with Gasteiger partial charge in [-0.1, -0.05) is 0 Å². The largest absolute Gasteiger partial charge is 0.436 e. The summed E-state index contributed by atoms with van der Waals surface area (Å²) in [5, 5.41) is 2.86. The SMILES string of the molecule is CCNC(=O)[C@H]1CC[C@@H](N(C)C(=O)c2ccc(-c3nc4cc(F)ccc4o3)cc2)C1. The maximum Gasteiger partial charge on any atom is 0.253 e. The Hall–Kier alpha value is -3.22. The van der Waals surface area contributed by atoms with Gasteiger partial charge in [0.25, 0.3) is 5.91 Å². The van der Waals surface area contributed by atoms with Gasteiger partial charge in [0, 0.05) is 42.7 Å². The zero-order valence-corrected chi connectivity index (χ0v) is 17.0. The summed E-state index contributed by atoms with van der Waals surface area (Å²) in [5.74, 6) is -0.0288. The van der Waals surface area contributed by atoms with E-state index < -0.39 is 0 Å². The first-order chi connectivity index (χ1) is 14.5. The van der Waals surface area contributed by atoms with Gasteiger partial charge >= 0.3 is 0 Å². The van der Waals surface area contributed by atoms with Crippen molar-refractivity contribution in [3.63, 3.8) is 0 Å². The lowest BCUT2D eigenvalue weighted by atomic mass is 10.1. The number of carbonyl (C=O) groups is 2. The van der Waals surface area contributed by atoms with Gasteiger partial charge < -0.3 is 14.6 Å². The number of nitrogens with one attached hydrogen (secondary N) is 1. The molecule has 0 saturated heterocycles. The van der Waals surface area contributed by atoms with Gasteiger partial charge in [0.05, 0.1) is 0 Å². The van der Waals surface area contributed by atoms with Gasteiger partial charge in [0.15, 0.2) is 5.58 Å². The Bertz CT molecular complexity index is 1080. The van der Waals surface area contributed by atoms with Crippen LogP contribution in [-0.4, -0.2) is 41.3 Å². The van der Waals surface area contributed by atoms with Crippen molar-refractivity contribution < 1.29 is 18.4 Å². The number of fused-ring (bicyclic) bond motifs is 1. The number of nitrogens with zero attached hydrogens (tertiary/aromatic N) is 2. The van der Waals surface area contributed by atoms with E-state index in [1.807, 2.05) is 6.92 Å². The van der Waals surface area contributed by atoms with Crippen molar-refractivity contribution in [3.05, 3.63) is 53.8 Å². The first-order valence-corrected chi connectivity index (χ1v) is 10.2. The van der Waals surface area contributed by atoms with Crippen LogP contribution in [0.4, 0.5) is 4.39 Å². The van der Waals surface area contributed by atoms with Crippen molar-refractivity contribution in [1.29, 1.82) is 0 Å². The normalized spacial score (nSPS) is 18.5. The van der Waals surface area contributed by atoms with Crippen LogP contribution in [0.25, 0.3) is 22.6 Å². The van der Waals surface area contributed by atoms with Gasteiger partial charge in [-0.05, 0) is 62.6 Å². The average Bonchev–Trinajstić information content (AvgIpc) is 3.40. The lowest BCUT2D eigenvalue weighted by Crippen LogP contribution is -2.36. The van der Waals surface area contributed by atoms with Crippen LogP contribution >= 0.6 is 0 Å². The van der Waals surface area contributed by atoms with E-state index >= 15 is 0 Å². The molecule has 1 aliphatic carbocycles. The first-order valence-electron chi connectivity index (χ1n) is 10.2. The fourth-order valence-electron chi connectivity index (χ4n) is 4.02. The summed E-state index contributed by atoms with van der Waals surface area (Å²) >= 11 is 0. The number of rotatable bonds is 5. The lowest BCUT2D eigenvalue weighted by molar-refractivity contribution is -0.124. The monoisotopic (exact) mass is 409 g/mol. The molecule has 1 aliphatic rings. The van der Waals surface area contributed by atoms with Gasteiger partial charge in [-0.2, -0.15) is 0 Å². The highest BCUT2D eigenvalue weighted by molar-refractivity contribution is 5.94. The van der Waals surface area contributed by atoms with Crippen molar-refractivity contribution >= 4 is 22.9 Å². The molecule has 1 heterocycles. The molecule has 0 unspecified atom stereocenters. The van der Waals surface area contributed by atoms with Gasteiger partial charge in [0.1, 0.15) is 11.3 Å². The number of hydrogen-bond acceptors (Lipinski definition) is 4. The zero-order chi connectivity index (χ0) is 21.3. The minimum absolute atomic E-state index is 0.0310. The standard InChI is InChI=1S/C23H24FN3O3/c1-3-25-21(28)16-8-10-18(12-16)27(2)23(29)15-6-4-14(5-7-15)22-26-19-13-17(24)9-11-20(19)30-22/h4-7,9,11,13,16,18H,3,8,10,12H2,1-2H3,(H,25,28)/t16-,18+/m0/s1. The predicted molar refractivity (Wildman–Crippen MR) is 111 cm³/mol. The topological polar surface area (TPSA) is 75.4 Å². The van der Waals surface area contributed by atoms with E-state index in [9.17, 15) is 14.0 Å². The van der Waals surface area contributed by atoms with Crippen LogP contribution in [0.2, 0.25) is 0 Å². The van der Waals surface area contributed by atoms with Crippen molar-refractivity contribution in [2.45, 2.75) is 32.2 Å². The third kappa shape index (κ3) is 3.92. The van der Waals surface area contributed by atoms with Crippen LogP contribution in [0.15, 0.2) is 46.9 Å². The molecule has 3 aromatic rings. The second-order valence-electron chi connectivity index (χ2n) is 7.68. The molecular weight excluding hydrogens is 385 g/mol. The molecule has 0 spiro atoms. The van der Waals surface area contributed by atoms with Crippen molar-refractivity contribution in [2.24, 2.45) is 5.92 Å². The van der Waals surface area contributed by atoms with Crippen LogP contribution in [0.1, 0.15) is 36.5 Å². The summed E-state index contributed by atoms with van der Waals surface area (Å²) in [7, 11) is 1.79. The van der Waals surface area contributed by atoms with Crippen LogP contribution in [0.5, 0.6) is 0 Å². The van der Waals surface area contributed by atoms with E-state index in [1.165, 1.54) is 12.1 Å². The van der Waals surface area contributed by atoms with Crippen molar-refractivity contribution in [3.8, 4) is 11.5 Å². The molecule has 1 fully saturated rings. The summed E-state index contributed by atoms with van der Waals surface area (Å²) in [6, 6.07) is 11.3. The minimum atomic E-state index is -0.368. The maximum atomic E-state index is 13.4. The number of benzene rings is 2. The van der Waals surface area contributed by atoms with Crippen LogP contribution in [0.3, 0.4) is 0 Å². The molecule has 30 heavy (non-hydrogen) atoms. The van der Waals surface area contributed by atoms with Crippen LogP contribution in [-0.2, 0) is 4.79 Å². The summed E-state index contributed by atoms with van der Waals surface area (Å²) in [6.45, 7) is 2.53. The molecular formula is C23H24FN3O3. The van der Waals surface area contributed by atoms with E-state index in [4.69, 9.17) is 4.42 Å². The smallest absolute Gasteiger partial charge is 0.253 e. The Labute approximate surface area is 174 Å². The van der Waals surface area contributed by atoms with E-state index in [2.05, 4.69) is 10.3 Å². The third-order valence-electron chi connectivity index (χ3n) is 5.72. The molecule has 0 bridgehead atoms. The molecule has 1 aromatic heterocycles. The van der Waals surface area contributed by atoms with Crippen molar-refractivity contribution in [1.82, 2.24) is 15.2 Å². The summed E-state index contributed by atoms with van der Waals surface area (Å²) in [4.78, 5) is 31.0. The second kappa shape index (κ2) is 8.26. The van der Waals surface area contributed by atoms with Gasteiger partial charge in [-0.3, -0.25) is 9.59 Å². The Balaban J connectivity index is 1.45. The van der Waals surface area contributed by atoms with Crippen LogP contribution < -0.4 is 5.32 Å². The van der Waals surface area contributed by atoms with Gasteiger partial charge in [0.2, 0.25) is 11.8 Å². The highest BCUT2D eigenvalue weighted by Gasteiger charge is 2.33. The van der Waals surface area contributed by atoms with E-state index in [1.54, 1.807) is 42.3 Å². The molecule has 0 aliphatic heterocycles. The highest BCUT2D eigenvalue weighted by Crippen LogP contribution is 2.30. The number of aromatic nitrogens is 1. The lowest BCUT2D eigenvalue weighted by Gasteiger charge is -2.25. The average molecular weight is 409 g/mol. The second-order valence-corrected chi connectivity index (χ2v) is 7.68. The number of halogens is 1. The number of oxazole rings is 1. The van der Waals surface area contributed by atoms with E-state index in [0.29, 0.717) is 41.1 Å². The van der Waals surface area contributed by atoms with E-state index in [-0.39, 0.29) is 29.6 Å². The number of hydrogen-bond donors (Lipinski definition) is 1. The fraction of sp³-hybridized carbons (Fsp3) is 0.348. The minimum Gasteiger partial charge on any atom is -0.436 e. The number of amides is 2. The summed E-state index contributed by atoms with van der Waals surface area (Å²) in [5.41, 5.74) is 2.23. The van der Waals surface area contributed by atoms with E-state index in [0.717, 1.165) is 12.8 Å². The third-order valence-corrected chi connectivity index (χ3v) is 5.72. The predicted octanol–water partition coefficient (Wildman–Crippen LogP) is 4.01. The Morgan fingerprint density at radius 2 is 1.97 bits per heavy atom. The number of carbonyl (C=O) groups excluding carboxylic acids is 2. The fourth-order valence-corrected chi connectivity index (χ4v) is 4.02. The highest BCUT2D eigenvalue weighted by atomic mass is 19.1. The van der Waals surface area contributed by atoms with Gasteiger partial charge in [-0.15, -0.1) is 0 Å².